The summed E-state index contributed by atoms with van der Waals surface area (Å²) in [5.74, 6) is 3.92. The number of aromatic amines is 5. The molecule has 5 aliphatic rings. The molecule has 0 spiro atoms. The van der Waals surface area contributed by atoms with E-state index in [9.17, 15) is 79.4 Å². The van der Waals surface area contributed by atoms with Gasteiger partial charge in [0.25, 0.3) is 33.9 Å². The van der Waals surface area contributed by atoms with Crippen molar-refractivity contribution in [3.05, 3.63) is 110 Å². The van der Waals surface area contributed by atoms with Crippen LogP contribution in [0.4, 0.5) is 4.39 Å². The first-order valence-electron chi connectivity index (χ1n) is 43.7. The van der Waals surface area contributed by atoms with Gasteiger partial charge in [-0.05, 0) is 189 Å². The molecule has 10 aromatic rings. The minimum absolute atomic E-state index is 0.0272. The van der Waals surface area contributed by atoms with Gasteiger partial charge in [0.05, 0.1) is 30.5 Å². The van der Waals surface area contributed by atoms with Crippen LogP contribution in [0.2, 0.25) is 5.28 Å². The van der Waals surface area contributed by atoms with Crippen molar-refractivity contribution in [3.8, 4) is 0 Å². The van der Waals surface area contributed by atoms with Crippen molar-refractivity contribution in [1.82, 2.24) is 97.6 Å². The first-order chi connectivity index (χ1) is 61.0. The fraction of sp³-hybridized carbons (Fsp3) is 0.643. The van der Waals surface area contributed by atoms with Crippen LogP contribution in [-0.2, 0) is 42.9 Å². The van der Waals surface area contributed by atoms with Gasteiger partial charge < -0.3 is 99.7 Å². The summed E-state index contributed by atoms with van der Waals surface area (Å²) in [4.78, 5) is 116. The van der Waals surface area contributed by atoms with Crippen LogP contribution in [0, 0.1) is 40.7 Å². The highest BCUT2D eigenvalue weighted by Crippen LogP contribution is 2.47. The third-order valence-electron chi connectivity index (χ3n) is 23.1. The van der Waals surface area contributed by atoms with Gasteiger partial charge in [0, 0.05) is 19.3 Å². The Hall–Kier alpha value is -7.13. The second-order valence-electron chi connectivity index (χ2n) is 38.0. The quantitative estimate of drug-likeness (QED) is 0.0264. The summed E-state index contributed by atoms with van der Waals surface area (Å²) in [5, 5.41) is 105. The number of halogens is 2. The molecule has 20 atom stereocenters. The summed E-state index contributed by atoms with van der Waals surface area (Å²) in [6, 6.07) is 0. The van der Waals surface area contributed by atoms with E-state index < -0.39 is 174 Å². The molecule has 15 rings (SSSR count). The molecular weight excluding hydrogens is 1820 g/mol. The monoisotopic (exact) mass is 1950 g/mol. The zero-order valence-corrected chi connectivity index (χ0v) is 82.9. The molecule has 15 heterocycles. The van der Waals surface area contributed by atoms with Gasteiger partial charge in [0.2, 0.25) is 5.28 Å². The van der Waals surface area contributed by atoms with Crippen LogP contribution in [0.25, 0.3) is 55.8 Å². The van der Waals surface area contributed by atoms with Crippen LogP contribution in [0.5, 0.6) is 0 Å². The summed E-state index contributed by atoms with van der Waals surface area (Å²) in [6.45, 7) is 28.9. The maximum absolute atomic E-state index is 14.4. The second kappa shape index (κ2) is 41.8. The standard InChI is InChI=1S/C19H31N4O4P.C18H29N4O4P.C17H27N4O4P.C15H22ClN4O4P.C15H22FN4O4P/c1-6-7-8-13-22-14-17(20-11(2)21-18(14)26)23(13)19-16(25)15(24)12(27-19)9-10-28(3,4)5;1-6-7-12-21-13-16(19-10(2)20-17(13)25)22(12)18-15(24)14(23)11(26-18)8-9-27(3,4)5;1-6-11-20-12-15(18-9(2)19-16(12)24)21(11)17-14(23)13(22)10(25-17)7-8-26(3,4)5;2*1-7-17-12-9(13(23)18-7)19-15(16)20(12)14-11(22)10(21)8(24-14)5-6-25(2,3)4/h12,15-16,19,24-25H,3,6-10H2,1-2,4-5H3,(H,20,21,26);11,14-15,18,23-24H,3,6-9H2,1-2,4-5H3,(H,19,20,25);10,13-14,17,22-23H,3,6-8H2,1-2,4-5H3,(H,18,19,24);2*8,10-11,14,21-22H,2,5-6H2,1,3-4H3,(H,17,18,23)/t12-,15-,16-,19-;11-,14-,15-,18-;10-,13-,14-,17-;2*8-,10-,11-,14-/m11111/s1. The predicted octanol–water partition coefficient (Wildman–Crippen LogP) is 4.38. The molecule has 0 aromatic carbocycles. The van der Waals surface area contributed by atoms with Crippen molar-refractivity contribution in [2.45, 2.75) is 249 Å². The molecule has 0 aliphatic carbocycles. The first-order valence-corrected chi connectivity index (χ1v) is 59.3. The molecule has 40 nitrogen and oxygen atoms in total. The van der Waals surface area contributed by atoms with Gasteiger partial charge in [-0.15, -0.1) is 65.9 Å². The number of aromatic nitrogens is 20. The maximum atomic E-state index is 14.4. The lowest BCUT2D eigenvalue weighted by molar-refractivity contribution is -0.0413. The van der Waals surface area contributed by atoms with E-state index in [2.05, 4.69) is 180 Å². The fourth-order valence-corrected chi connectivity index (χ4v) is 21.3. The zero-order valence-electron chi connectivity index (χ0n) is 77.7. The average Bonchev–Trinajstić information content (AvgIpc) is 1.63. The SMILES string of the molecule is C=P(C)(C)CC[C@H]1O[C@@H](n2c(CC)nc3c(=O)[nH]c(C)nc32)[C@H](O)[C@@H]1O.C=P(C)(C)CC[C@H]1O[C@@H](n2c(CCC)nc3c(=O)[nH]c(C)nc32)[C@H](O)[C@@H]1O.C=P(C)(C)CC[C@H]1O[C@@H](n2c(CCCC)nc3c(=O)[nH]c(C)nc32)[C@H](O)[C@@H]1O.C=P(C)(C)CC[C@H]1O[C@@H](n2c(Cl)nc3c(=O)[nH]c(C)nc32)[C@H](O)[C@@H]1O.C=P(C)(C)CC[C@H]1O[C@@H](n2c(F)nc3c(=O)[nH]c(C)nc32)[C@H](O)[C@@H]1O. The van der Waals surface area contributed by atoms with E-state index in [-0.39, 0.29) is 66.7 Å². The smallest absolute Gasteiger partial charge is 0.293 e. The molecule has 131 heavy (non-hydrogen) atoms. The molecule has 726 valence electrons. The van der Waals surface area contributed by atoms with Gasteiger partial charge in [-0.3, -0.25) is 46.8 Å². The number of aryl methyl sites for hydroxylation is 8. The molecule has 15 N–H and O–H groups in total. The van der Waals surface area contributed by atoms with Gasteiger partial charge in [0.1, 0.15) is 108 Å². The third-order valence-corrected chi connectivity index (χ3v) is 30.7. The van der Waals surface area contributed by atoms with Crippen molar-refractivity contribution in [3.63, 3.8) is 0 Å². The number of imidazole rings is 5. The van der Waals surface area contributed by atoms with Crippen LogP contribution < -0.4 is 27.8 Å². The highest BCUT2D eigenvalue weighted by molar-refractivity contribution is 7.73. The van der Waals surface area contributed by atoms with Crippen LogP contribution in [0.3, 0.4) is 0 Å². The molecule has 0 radical (unpaired) electrons. The number of nitrogens with zero attached hydrogens (tertiary/aromatic N) is 15. The predicted molar refractivity (Wildman–Crippen MR) is 518 cm³/mol. The molecule has 10 aromatic heterocycles. The first kappa shape index (κ1) is 104. The van der Waals surface area contributed by atoms with Crippen molar-refractivity contribution in [1.29, 1.82) is 0 Å². The van der Waals surface area contributed by atoms with E-state index in [1.807, 2.05) is 13.8 Å². The molecule has 0 saturated carbocycles. The number of hydrogen-bond donors (Lipinski definition) is 15. The van der Waals surface area contributed by atoms with Gasteiger partial charge >= 0.3 is 0 Å². The Morgan fingerprint density at radius 3 is 0.824 bits per heavy atom. The van der Waals surface area contributed by atoms with Gasteiger partial charge in [-0.1, -0.05) is 27.2 Å². The molecule has 0 bridgehead atoms. The van der Waals surface area contributed by atoms with Crippen LogP contribution in [0.1, 0.15) is 150 Å². The van der Waals surface area contributed by atoms with Crippen molar-refractivity contribution >= 4 is 133 Å². The Morgan fingerprint density at radius 2 is 0.557 bits per heavy atom. The molecule has 47 heteroatoms. The zero-order chi connectivity index (χ0) is 96.8. The summed E-state index contributed by atoms with van der Waals surface area (Å²) in [7, 11) is 0. The molecule has 5 saturated heterocycles. The Balaban J connectivity index is 0.000000158. The molecule has 0 amide bonds. The highest BCUT2D eigenvalue weighted by atomic mass is 35.5. The number of aliphatic hydroxyl groups is 10. The third kappa shape index (κ3) is 24.3. The van der Waals surface area contributed by atoms with Crippen molar-refractivity contribution < 1.29 is 79.1 Å². The number of hydrogen-bond acceptors (Lipinski definition) is 30. The Kier molecular flexibility index (Phi) is 33.3. The van der Waals surface area contributed by atoms with E-state index in [0.29, 0.717) is 109 Å². The lowest BCUT2D eigenvalue weighted by atomic mass is 10.1. The van der Waals surface area contributed by atoms with E-state index in [1.54, 1.807) is 48.3 Å². The average molecular weight is 1950 g/mol. The minimum atomic E-state index is -1.36. The number of aliphatic hydroxyl groups excluding tert-OH is 10. The van der Waals surface area contributed by atoms with Crippen LogP contribution in [-0.4, -0.2) is 369 Å². The van der Waals surface area contributed by atoms with Crippen LogP contribution >= 0.6 is 46.0 Å². The Morgan fingerprint density at radius 1 is 0.328 bits per heavy atom. The van der Waals surface area contributed by atoms with Crippen molar-refractivity contribution in [2.75, 3.05) is 97.5 Å². The number of H-pyrrole nitrogens is 5. The number of unbranched alkanes of at least 4 members (excludes halogenated alkanes) is 1. The lowest BCUT2D eigenvalue weighted by Crippen LogP contribution is -2.32. The minimum Gasteiger partial charge on any atom is -0.388 e. The maximum Gasteiger partial charge on any atom is 0.293 e. The van der Waals surface area contributed by atoms with E-state index in [1.165, 1.54) is 4.57 Å². The second-order valence-corrected chi connectivity index (χ2v) is 59.9. The number of ether oxygens (including phenoxy) is 5. The summed E-state index contributed by atoms with van der Waals surface area (Å²) in [6.07, 6.45) is 13.0. The van der Waals surface area contributed by atoms with E-state index >= 15 is 0 Å². The van der Waals surface area contributed by atoms with Crippen LogP contribution in [0.15, 0.2) is 24.0 Å². The lowest BCUT2D eigenvalue weighted by Gasteiger charge is -2.20. The Labute approximate surface area is 761 Å². The summed E-state index contributed by atoms with van der Waals surface area (Å²) >= 11 is 6.16. The van der Waals surface area contributed by atoms with E-state index in [4.69, 9.17) is 35.3 Å². The Bertz CT molecular complexity index is 6210. The fourth-order valence-electron chi connectivity index (χ4n) is 16.3. The molecule has 5 fully saturated rings. The number of fused-ring (bicyclic) bond motifs is 5. The van der Waals surface area contributed by atoms with Gasteiger partial charge in [0.15, 0.2) is 87.0 Å². The normalized spacial score (nSPS) is 26.6. The van der Waals surface area contributed by atoms with Crippen molar-refractivity contribution in [2.24, 2.45) is 0 Å². The molecule has 0 unspecified atom stereocenters. The van der Waals surface area contributed by atoms with E-state index in [0.717, 1.165) is 54.6 Å². The largest absolute Gasteiger partial charge is 0.388 e. The number of nitrogens with one attached hydrogen (secondary N) is 5. The van der Waals surface area contributed by atoms with Gasteiger partial charge in [-0.2, -0.15) is 9.37 Å². The van der Waals surface area contributed by atoms with Gasteiger partial charge in [-0.25, -0.2) is 44.9 Å². The molecular formula is C84H131ClFN20O20P5. The highest BCUT2D eigenvalue weighted by Gasteiger charge is 2.51. The topological polar surface area (TPSA) is 566 Å². The summed E-state index contributed by atoms with van der Waals surface area (Å²) in [5.41, 5.74) is -0.0814. The summed E-state index contributed by atoms with van der Waals surface area (Å²) < 4.78 is 51.4. The number of rotatable bonds is 26. The molecule has 5 aliphatic heterocycles.